The number of carbonyl (C=O) groups excluding carboxylic acids is 1. The molecule has 0 bridgehead atoms. The minimum atomic E-state index is -3.85. The van der Waals surface area contributed by atoms with Crippen LogP contribution in [0.4, 0.5) is 0 Å². The van der Waals surface area contributed by atoms with Crippen molar-refractivity contribution in [2.24, 2.45) is 0 Å². The zero-order valence-electron chi connectivity index (χ0n) is 34.5. The average molecular weight is 829 g/mol. The molecule has 11 rings (SSSR count). The number of carbonyl (C=O) groups is 1. The SMILES string of the molecule is COc1ccc2c(c1)CC=C(c1c(C3OC3N3CC4(CC4)OC4(CC4)C3)cnn1-c1ccccn1)Cn1c-2c(C2CCCCC2)c2ccc(C(=O)NS(=O)(=O)C(C)C)cc21. The van der Waals surface area contributed by atoms with Crippen LogP contribution in [0.5, 0.6) is 5.75 Å². The number of nitrogens with one attached hydrogen (secondary N) is 1. The Labute approximate surface area is 351 Å². The Morgan fingerprint density at radius 2 is 1.75 bits per heavy atom. The Morgan fingerprint density at radius 1 is 0.967 bits per heavy atom. The Morgan fingerprint density at radius 3 is 2.45 bits per heavy atom. The van der Waals surface area contributed by atoms with Gasteiger partial charge in [-0.15, -0.1) is 0 Å². The number of morpholine rings is 1. The lowest BCUT2D eigenvalue weighted by Crippen LogP contribution is -2.51. The maximum Gasteiger partial charge on any atom is 0.264 e. The topological polar surface area (TPSA) is 133 Å². The van der Waals surface area contributed by atoms with Gasteiger partial charge >= 0.3 is 0 Å². The van der Waals surface area contributed by atoms with Crippen LogP contribution in [0.15, 0.2) is 73.1 Å². The molecule has 3 aliphatic carbocycles. The number of hydrogen-bond donors (Lipinski definition) is 1. The Kier molecular flexibility index (Phi) is 8.97. The molecule has 5 fully saturated rings. The molecule has 6 aliphatic rings. The molecule has 312 valence electrons. The quantitative estimate of drug-likeness (QED) is 0.148. The lowest BCUT2D eigenvalue weighted by molar-refractivity contribution is -0.126. The van der Waals surface area contributed by atoms with Crippen LogP contribution >= 0.6 is 0 Å². The van der Waals surface area contributed by atoms with Gasteiger partial charge in [-0.25, -0.2) is 22.8 Å². The third-order valence-corrected chi connectivity index (χ3v) is 15.5. The second-order valence-corrected chi connectivity index (χ2v) is 20.5. The first-order valence-corrected chi connectivity index (χ1v) is 23.3. The number of rotatable bonds is 9. The number of pyridine rings is 1. The van der Waals surface area contributed by atoms with Crippen molar-refractivity contribution in [2.75, 3.05) is 20.2 Å². The molecular formula is C47H52N6O6S. The van der Waals surface area contributed by atoms with Crippen LogP contribution in [0.2, 0.25) is 0 Å². The molecule has 2 atom stereocenters. The van der Waals surface area contributed by atoms with Gasteiger partial charge in [-0.2, -0.15) is 5.10 Å². The number of sulfonamides is 1. The van der Waals surface area contributed by atoms with Gasteiger partial charge in [-0.3, -0.25) is 9.69 Å². The predicted octanol–water partition coefficient (Wildman–Crippen LogP) is 7.85. The van der Waals surface area contributed by atoms with E-state index in [2.05, 4.69) is 32.4 Å². The van der Waals surface area contributed by atoms with Crippen molar-refractivity contribution in [3.8, 4) is 22.8 Å². The fraction of sp³-hybridized carbons (Fsp3) is 0.468. The summed E-state index contributed by atoms with van der Waals surface area (Å²) < 4.78 is 51.6. The zero-order chi connectivity index (χ0) is 41.0. The molecule has 5 aromatic rings. The number of benzene rings is 2. The first kappa shape index (κ1) is 38.1. The lowest BCUT2D eigenvalue weighted by Gasteiger charge is -2.38. The zero-order valence-corrected chi connectivity index (χ0v) is 35.3. The summed E-state index contributed by atoms with van der Waals surface area (Å²) in [4.78, 5) is 21.0. The standard InChI is InChI=1S/C47H52N6O6S/c1-29(2)60(55,56)50-44(54)32-14-16-36-38(24-32)52-26-33(13-12-31-23-34(57-3)15-17-35(31)42(52)40(36)30-9-5-4-6-10-30)41-37(25-49-53(41)39-11-7-8-22-48-39)43-45(58-43)51-27-46(18-19-46)59-47(28-51)20-21-47/h7-8,11,13-17,22-25,29-30,43,45H,4-6,9-10,12,18-21,26-28H2,1-3H3,(H,50,54). The molecule has 3 saturated carbocycles. The first-order valence-electron chi connectivity index (χ1n) is 21.7. The molecule has 0 radical (unpaired) electrons. The molecular weight excluding hydrogens is 777 g/mol. The fourth-order valence-electron chi connectivity index (χ4n) is 10.3. The van der Waals surface area contributed by atoms with E-state index in [1.54, 1.807) is 33.2 Å². The van der Waals surface area contributed by atoms with E-state index >= 15 is 0 Å². The third-order valence-electron chi connectivity index (χ3n) is 13.8. The van der Waals surface area contributed by atoms with Gasteiger partial charge in [0.05, 0.1) is 47.7 Å². The molecule has 12 nitrogen and oxygen atoms in total. The molecule has 3 aliphatic heterocycles. The summed E-state index contributed by atoms with van der Waals surface area (Å²) in [6, 6.07) is 17.9. The van der Waals surface area contributed by atoms with E-state index in [4.69, 9.17) is 24.3 Å². The molecule has 6 heterocycles. The van der Waals surface area contributed by atoms with Crippen molar-refractivity contribution in [1.82, 2.24) is 29.0 Å². The van der Waals surface area contributed by atoms with Gasteiger partial charge in [0.2, 0.25) is 10.0 Å². The Bertz CT molecular complexity index is 2650. The molecule has 13 heteroatoms. The van der Waals surface area contributed by atoms with E-state index in [-0.39, 0.29) is 23.5 Å². The van der Waals surface area contributed by atoms with Crippen molar-refractivity contribution in [3.63, 3.8) is 0 Å². The van der Waals surface area contributed by atoms with Gasteiger partial charge in [0.1, 0.15) is 18.1 Å². The number of fused-ring (bicyclic) bond motifs is 5. The van der Waals surface area contributed by atoms with E-state index in [0.29, 0.717) is 30.3 Å². The fourth-order valence-corrected chi connectivity index (χ4v) is 10.9. The highest BCUT2D eigenvalue weighted by Crippen LogP contribution is 2.57. The van der Waals surface area contributed by atoms with E-state index in [0.717, 1.165) is 115 Å². The molecule has 1 N–H and O–H groups in total. The highest BCUT2D eigenvalue weighted by atomic mass is 32.2. The Balaban J connectivity index is 1.08. The van der Waals surface area contributed by atoms with Crippen molar-refractivity contribution < 1.29 is 27.4 Å². The van der Waals surface area contributed by atoms with Crippen LogP contribution in [0, 0.1) is 0 Å². The maximum absolute atomic E-state index is 13.7. The van der Waals surface area contributed by atoms with Crippen LogP contribution in [0.25, 0.3) is 33.6 Å². The largest absolute Gasteiger partial charge is 0.497 e. The van der Waals surface area contributed by atoms with Crippen LogP contribution in [0.1, 0.15) is 116 Å². The summed E-state index contributed by atoms with van der Waals surface area (Å²) in [5.41, 5.74) is 8.85. The van der Waals surface area contributed by atoms with E-state index in [9.17, 15) is 13.2 Å². The monoisotopic (exact) mass is 828 g/mol. The molecule has 2 unspecified atom stereocenters. The highest BCUT2D eigenvalue weighted by Gasteiger charge is 2.63. The summed E-state index contributed by atoms with van der Waals surface area (Å²) >= 11 is 0. The summed E-state index contributed by atoms with van der Waals surface area (Å²) in [6.45, 7) is 5.39. The van der Waals surface area contributed by atoms with Crippen LogP contribution in [-0.2, 0) is 32.5 Å². The molecule has 2 spiro atoms. The smallest absolute Gasteiger partial charge is 0.264 e. The normalized spacial score (nSPS) is 23.2. The number of ether oxygens (including phenoxy) is 3. The minimum Gasteiger partial charge on any atom is -0.497 e. The summed E-state index contributed by atoms with van der Waals surface area (Å²) in [5, 5.41) is 5.38. The Hall–Kier alpha value is -4.82. The molecule has 2 aromatic carbocycles. The third kappa shape index (κ3) is 6.59. The van der Waals surface area contributed by atoms with E-state index < -0.39 is 21.2 Å². The molecule has 1 amide bonds. The summed E-state index contributed by atoms with van der Waals surface area (Å²) in [5.74, 6) is 1.20. The van der Waals surface area contributed by atoms with Crippen LogP contribution in [0.3, 0.4) is 0 Å². The van der Waals surface area contributed by atoms with Gasteiger partial charge < -0.3 is 18.8 Å². The predicted molar refractivity (Wildman–Crippen MR) is 229 cm³/mol. The average Bonchev–Trinajstić information content (AvgIpc) is 4.22. The first-order chi connectivity index (χ1) is 29.0. The van der Waals surface area contributed by atoms with Crippen molar-refractivity contribution >= 4 is 32.4 Å². The summed E-state index contributed by atoms with van der Waals surface area (Å²) in [6.07, 6.45) is 16.6. The van der Waals surface area contributed by atoms with Gasteiger partial charge in [-0.1, -0.05) is 37.5 Å². The molecule has 2 saturated heterocycles. The lowest BCUT2D eigenvalue weighted by atomic mass is 9.81. The molecule has 60 heavy (non-hydrogen) atoms. The number of amides is 1. The second kappa shape index (κ2) is 14.1. The number of epoxide rings is 1. The number of hydrogen-bond acceptors (Lipinski definition) is 9. The number of methoxy groups -OCH3 is 1. The second-order valence-electron chi connectivity index (χ2n) is 18.3. The van der Waals surface area contributed by atoms with Crippen molar-refractivity contribution in [3.05, 3.63) is 101 Å². The van der Waals surface area contributed by atoms with Crippen molar-refractivity contribution in [1.29, 1.82) is 0 Å². The van der Waals surface area contributed by atoms with E-state index in [1.165, 1.54) is 12.0 Å². The van der Waals surface area contributed by atoms with Gasteiger partial charge in [-0.05, 0) is 124 Å². The number of aromatic nitrogens is 4. The van der Waals surface area contributed by atoms with E-state index in [1.807, 2.05) is 47.3 Å². The van der Waals surface area contributed by atoms with Crippen molar-refractivity contribution in [2.45, 2.75) is 119 Å². The highest BCUT2D eigenvalue weighted by molar-refractivity contribution is 7.90. The maximum atomic E-state index is 13.7. The number of nitrogens with zero attached hydrogens (tertiary/aromatic N) is 5. The van der Waals surface area contributed by atoms with Gasteiger partial charge in [0.15, 0.2) is 5.82 Å². The minimum absolute atomic E-state index is 0.0284. The van der Waals surface area contributed by atoms with Crippen LogP contribution < -0.4 is 9.46 Å². The number of allylic oxidation sites excluding steroid dienone is 2. The molecule has 3 aromatic heterocycles. The summed E-state index contributed by atoms with van der Waals surface area (Å²) in [7, 11) is -2.14. The van der Waals surface area contributed by atoms with Crippen LogP contribution in [-0.4, -0.2) is 81.4 Å². The van der Waals surface area contributed by atoms with Gasteiger partial charge in [0.25, 0.3) is 5.91 Å². The van der Waals surface area contributed by atoms with Gasteiger partial charge in [0, 0.05) is 46.9 Å².